The van der Waals surface area contributed by atoms with Gasteiger partial charge in [0.1, 0.15) is 0 Å². The van der Waals surface area contributed by atoms with Crippen molar-refractivity contribution in [2.45, 2.75) is 38.1 Å². The van der Waals surface area contributed by atoms with Gasteiger partial charge in [-0.25, -0.2) is 0 Å². The zero-order valence-electron chi connectivity index (χ0n) is 10.5. The van der Waals surface area contributed by atoms with Crippen LogP contribution >= 0.6 is 38.5 Å². The first kappa shape index (κ1) is 18.1. The number of nitrogens with one attached hydrogen (secondary N) is 2. The van der Waals surface area contributed by atoms with Gasteiger partial charge in [-0.1, -0.05) is 45.4 Å². The number of halogens is 2. The topological polar surface area (TPSA) is 58.2 Å². The van der Waals surface area contributed by atoms with Crippen LogP contribution in [0.15, 0.2) is 0 Å². The van der Waals surface area contributed by atoms with Crippen molar-refractivity contribution in [2.75, 3.05) is 16.3 Å². The van der Waals surface area contributed by atoms with Crippen LogP contribution in [0.4, 0.5) is 0 Å². The molecule has 0 aliphatic heterocycles. The molecule has 0 heterocycles. The van der Waals surface area contributed by atoms with Gasteiger partial charge in [-0.3, -0.25) is 9.59 Å². The summed E-state index contributed by atoms with van der Waals surface area (Å²) >= 11 is 5.33. The Morgan fingerprint density at radius 2 is 2.00 bits per heavy atom. The molecule has 6 heteroatoms. The van der Waals surface area contributed by atoms with Gasteiger partial charge in [0.25, 0.3) is 0 Å². The van der Waals surface area contributed by atoms with Crippen LogP contribution in [0, 0.1) is 6.92 Å². The Bertz CT molecular complexity index is 252. The molecule has 0 rings (SSSR count). The van der Waals surface area contributed by atoms with Gasteiger partial charge in [0, 0.05) is 24.3 Å². The lowest BCUT2D eigenvalue weighted by molar-refractivity contribution is -0.121. The van der Waals surface area contributed by atoms with E-state index >= 15 is 0 Å². The zero-order chi connectivity index (χ0) is 13.8. The summed E-state index contributed by atoms with van der Waals surface area (Å²) in [7, 11) is 0. The molecule has 1 radical (unpaired) electrons. The molecule has 2 N–H and O–H groups in total. The third-order valence-electron chi connectivity index (χ3n) is 2.42. The lowest BCUT2D eigenvalue weighted by atomic mass is 10.1. The maximum absolute atomic E-state index is 11.3. The predicted octanol–water partition coefficient (Wildman–Crippen LogP) is 2.20. The van der Waals surface area contributed by atoms with Gasteiger partial charge in [-0.15, -0.1) is 0 Å². The molecule has 0 aromatic heterocycles. The van der Waals surface area contributed by atoms with Crippen molar-refractivity contribution in [1.82, 2.24) is 10.6 Å². The van der Waals surface area contributed by atoms with Crippen molar-refractivity contribution >= 4 is 50.3 Å². The lowest BCUT2D eigenvalue weighted by Crippen LogP contribution is -2.36. The molecular formula is C12H21BrIN2O2. The molecule has 0 aromatic rings. The van der Waals surface area contributed by atoms with E-state index in [9.17, 15) is 9.59 Å². The van der Waals surface area contributed by atoms with Crippen LogP contribution in [0.25, 0.3) is 0 Å². The van der Waals surface area contributed by atoms with Crippen molar-refractivity contribution in [3.05, 3.63) is 6.92 Å². The third-order valence-corrected chi connectivity index (χ3v) is 3.68. The van der Waals surface area contributed by atoms with E-state index in [0.717, 1.165) is 24.6 Å². The van der Waals surface area contributed by atoms with Gasteiger partial charge >= 0.3 is 0 Å². The SMILES string of the molecule is [CH2]CC(CCCNC(=O)CCCBr)NC(=O)CI. The summed E-state index contributed by atoms with van der Waals surface area (Å²) in [5, 5.41) is 6.63. The van der Waals surface area contributed by atoms with E-state index in [1.54, 1.807) is 0 Å². The summed E-state index contributed by atoms with van der Waals surface area (Å²) in [6.45, 7) is 4.48. The van der Waals surface area contributed by atoms with Crippen molar-refractivity contribution in [2.24, 2.45) is 0 Å². The van der Waals surface area contributed by atoms with E-state index in [-0.39, 0.29) is 17.9 Å². The summed E-state index contributed by atoms with van der Waals surface area (Å²) in [5.41, 5.74) is 0. The van der Waals surface area contributed by atoms with Gasteiger partial charge in [0.2, 0.25) is 11.8 Å². The van der Waals surface area contributed by atoms with Crippen molar-refractivity contribution in [3.63, 3.8) is 0 Å². The van der Waals surface area contributed by atoms with E-state index in [1.807, 2.05) is 22.6 Å². The molecule has 0 aromatic carbocycles. The van der Waals surface area contributed by atoms with E-state index in [1.165, 1.54) is 0 Å². The van der Waals surface area contributed by atoms with Gasteiger partial charge in [-0.05, 0) is 25.7 Å². The summed E-state index contributed by atoms with van der Waals surface area (Å²) < 4.78 is 0.470. The molecule has 18 heavy (non-hydrogen) atoms. The van der Waals surface area contributed by atoms with Crippen LogP contribution in [0.3, 0.4) is 0 Å². The summed E-state index contributed by atoms with van der Waals surface area (Å²) in [4.78, 5) is 22.5. The highest BCUT2D eigenvalue weighted by Crippen LogP contribution is 2.01. The molecule has 0 aliphatic rings. The van der Waals surface area contributed by atoms with Crippen LogP contribution < -0.4 is 10.6 Å². The van der Waals surface area contributed by atoms with Crippen molar-refractivity contribution in [3.8, 4) is 0 Å². The molecule has 0 aliphatic carbocycles. The van der Waals surface area contributed by atoms with Gasteiger partial charge in [0.05, 0.1) is 4.43 Å². The summed E-state index contributed by atoms with van der Waals surface area (Å²) in [6.07, 6.45) is 3.82. The summed E-state index contributed by atoms with van der Waals surface area (Å²) in [6, 6.07) is 0.117. The largest absolute Gasteiger partial charge is 0.356 e. The maximum atomic E-state index is 11.3. The summed E-state index contributed by atoms with van der Waals surface area (Å²) in [5.74, 6) is 0.141. The first-order valence-electron chi connectivity index (χ1n) is 6.11. The Hall–Kier alpha value is 0.150. The fourth-order valence-electron chi connectivity index (χ4n) is 1.45. The van der Waals surface area contributed by atoms with Gasteiger partial charge < -0.3 is 10.6 Å². The smallest absolute Gasteiger partial charge is 0.230 e. The Kier molecular flexibility index (Phi) is 12.3. The Labute approximate surface area is 131 Å². The van der Waals surface area contributed by atoms with Gasteiger partial charge in [-0.2, -0.15) is 0 Å². The molecular weight excluding hydrogens is 411 g/mol. The van der Waals surface area contributed by atoms with Crippen molar-refractivity contribution < 1.29 is 9.59 Å². The second-order valence-corrected chi connectivity index (χ2v) is 5.53. The number of alkyl halides is 2. The molecule has 105 valence electrons. The number of hydrogen-bond donors (Lipinski definition) is 2. The highest BCUT2D eigenvalue weighted by atomic mass is 127. The second-order valence-electron chi connectivity index (χ2n) is 3.97. The fraction of sp³-hybridized carbons (Fsp3) is 0.750. The average molecular weight is 432 g/mol. The molecule has 0 fully saturated rings. The van der Waals surface area contributed by atoms with E-state index < -0.39 is 0 Å². The minimum Gasteiger partial charge on any atom is -0.356 e. The highest BCUT2D eigenvalue weighted by molar-refractivity contribution is 14.1. The maximum Gasteiger partial charge on any atom is 0.230 e. The van der Waals surface area contributed by atoms with Crippen molar-refractivity contribution in [1.29, 1.82) is 0 Å². The molecule has 4 nitrogen and oxygen atoms in total. The molecule has 1 atom stereocenters. The zero-order valence-corrected chi connectivity index (χ0v) is 14.3. The quantitative estimate of drug-likeness (QED) is 0.316. The minimum atomic E-state index is 0.0469. The first-order chi connectivity index (χ1) is 8.63. The van der Waals surface area contributed by atoms with Crippen LogP contribution in [0.5, 0.6) is 0 Å². The Morgan fingerprint density at radius 1 is 1.28 bits per heavy atom. The minimum absolute atomic E-state index is 0.0469. The predicted molar refractivity (Wildman–Crippen MR) is 86.1 cm³/mol. The van der Waals surface area contributed by atoms with E-state index in [2.05, 4.69) is 33.5 Å². The third kappa shape index (κ3) is 10.1. The van der Waals surface area contributed by atoms with Crippen LogP contribution in [0.2, 0.25) is 0 Å². The number of amides is 2. The molecule has 2 amide bonds. The number of hydrogen-bond acceptors (Lipinski definition) is 2. The second kappa shape index (κ2) is 12.2. The Morgan fingerprint density at radius 3 is 2.56 bits per heavy atom. The molecule has 0 spiro atoms. The average Bonchev–Trinajstić information content (AvgIpc) is 2.39. The molecule has 0 bridgehead atoms. The number of carbonyl (C=O) groups excluding carboxylic acids is 2. The number of carbonyl (C=O) groups is 2. The standard InChI is InChI=1S/C12H21BrIN2O2/c1-2-10(16-12(18)9-14)5-4-8-15-11(17)6-3-7-13/h10H,1-9H2,(H,15,17)(H,16,18). The molecule has 0 saturated heterocycles. The van der Waals surface area contributed by atoms with Crippen LogP contribution in [-0.2, 0) is 9.59 Å². The molecule has 0 saturated carbocycles. The lowest BCUT2D eigenvalue weighted by Gasteiger charge is -2.16. The van der Waals surface area contributed by atoms with E-state index in [4.69, 9.17) is 0 Å². The Balaban J connectivity index is 3.61. The van der Waals surface area contributed by atoms with Crippen LogP contribution in [0.1, 0.15) is 32.1 Å². The van der Waals surface area contributed by atoms with Crippen LogP contribution in [-0.4, -0.2) is 34.2 Å². The monoisotopic (exact) mass is 431 g/mol. The molecule has 1 unspecified atom stereocenters. The number of rotatable bonds is 10. The fourth-order valence-corrected chi connectivity index (χ4v) is 1.95. The van der Waals surface area contributed by atoms with Gasteiger partial charge in [0.15, 0.2) is 0 Å². The highest BCUT2D eigenvalue weighted by Gasteiger charge is 2.09. The normalized spacial score (nSPS) is 11.9. The van der Waals surface area contributed by atoms with E-state index in [0.29, 0.717) is 23.8 Å². The first-order valence-corrected chi connectivity index (χ1v) is 8.76.